The van der Waals surface area contributed by atoms with Gasteiger partial charge in [0.2, 0.25) is 0 Å². The van der Waals surface area contributed by atoms with Gasteiger partial charge in [0.25, 0.3) is 0 Å². The third-order valence-corrected chi connectivity index (χ3v) is 4.18. The number of aliphatic hydroxyl groups excluding tert-OH is 1. The molecule has 0 amide bonds. The van der Waals surface area contributed by atoms with Gasteiger partial charge < -0.3 is 15.2 Å². The molecular formula is C18H31NO2. The van der Waals surface area contributed by atoms with Crippen molar-refractivity contribution in [3.8, 4) is 5.75 Å². The zero-order chi connectivity index (χ0) is 15.7. The fourth-order valence-electron chi connectivity index (χ4n) is 2.64. The quantitative estimate of drug-likeness (QED) is 0.648. The molecule has 0 radical (unpaired) electrons. The summed E-state index contributed by atoms with van der Waals surface area (Å²) in [4.78, 5) is 0. The summed E-state index contributed by atoms with van der Waals surface area (Å²) in [5.74, 6) is 1.00. The van der Waals surface area contributed by atoms with E-state index in [0.29, 0.717) is 6.61 Å². The van der Waals surface area contributed by atoms with Crippen molar-refractivity contribution in [2.45, 2.75) is 58.9 Å². The number of hydrogen-bond acceptors (Lipinski definition) is 3. The Morgan fingerprint density at radius 2 is 1.86 bits per heavy atom. The van der Waals surface area contributed by atoms with Crippen LogP contribution in [-0.2, 0) is 0 Å². The third-order valence-electron chi connectivity index (χ3n) is 4.18. The molecule has 1 aromatic rings. The molecule has 1 atom stereocenters. The van der Waals surface area contributed by atoms with E-state index in [1.807, 2.05) is 0 Å². The molecule has 0 aliphatic rings. The zero-order valence-corrected chi connectivity index (χ0v) is 14.0. The molecule has 1 aromatic carbocycles. The van der Waals surface area contributed by atoms with E-state index in [2.05, 4.69) is 51.2 Å². The van der Waals surface area contributed by atoms with Crippen molar-refractivity contribution in [2.24, 2.45) is 0 Å². The Morgan fingerprint density at radius 1 is 1.19 bits per heavy atom. The SMILES string of the molecule is CCCNC(CC)(CO)CCCOc1c(C)cccc1C. The average Bonchev–Trinajstić information content (AvgIpc) is 2.49. The molecule has 3 nitrogen and oxygen atoms in total. The summed E-state index contributed by atoms with van der Waals surface area (Å²) in [5.41, 5.74) is 2.21. The van der Waals surface area contributed by atoms with Crippen molar-refractivity contribution in [3.05, 3.63) is 29.3 Å². The Labute approximate surface area is 129 Å². The topological polar surface area (TPSA) is 41.5 Å². The highest BCUT2D eigenvalue weighted by atomic mass is 16.5. The number of nitrogens with one attached hydrogen (secondary N) is 1. The second-order valence-corrected chi connectivity index (χ2v) is 5.89. The van der Waals surface area contributed by atoms with Crippen LogP contribution in [0, 0.1) is 13.8 Å². The average molecular weight is 293 g/mol. The van der Waals surface area contributed by atoms with Crippen LogP contribution < -0.4 is 10.1 Å². The number of aryl methyl sites for hydroxylation is 2. The van der Waals surface area contributed by atoms with Gasteiger partial charge in [0.05, 0.1) is 13.2 Å². The van der Waals surface area contributed by atoms with E-state index < -0.39 is 0 Å². The van der Waals surface area contributed by atoms with E-state index >= 15 is 0 Å². The zero-order valence-electron chi connectivity index (χ0n) is 14.0. The monoisotopic (exact) mass is 293 g/mol. The maximum atomic E-state index is 9.70. The van der Waals surface area contributed by atoms with Crippen LogP contribution in [0.4, 0.5) is 0 Å². The summed E-state index contributed by atoms with van der Waals surface area (Å²) in [6.45, 7) is 10.3. The second-order valence-electron chi connectivity index (χ2n) is 5.89. The molecule has 0 aliphatic carbocycles. The molecule has 3 heteroatoms. The Morgan fingerprint density at radius 3 is 2.38 bits per heavy atom. The van der Waals surface area contributed by atoms with Crippen LogP contribution in [0.5, 0.6) is 5.75 Å². The van der Waals surface area contributed by atoms with Crippen molar-refractivity contribution >= 4 is 0 Å². The Hall–Kier alpha value is -1.06. The number of para-hydroxylation sites is 1. The van der Waals surface area contributed by atoms with Gasteiger partial charge in [-0.3, -0.25) is 0 Å². The molecule has 0 aliphatic heterocycles. The van der Waals surface area contributed by atoms with Gasteiger partial charge in [-0.2, -0.15) is 0 Å². The minimum atomic E-state index is -0.153. The molecule has 2 N–H and O–H groups in total. The van der Waals surface area contributed by atoms with E-state index in [9.17, 15) is 5.11 Å². The first-order valence-electron chi connectivity index (χ1n) is 8.13. The third kappa shape index (κ3) is 5.33. The maximum absolute atomic E-state index is 9.70. The van der Waals surface area contributed by atoms with Gasteiger partial charge in [0, 0.05) is 5.54 Å². The second kappa shape index (κ2) is 9.06. The van der Waals surface area contributed by atoms with Crippen molar-refractivity contribution in [2.75, 3.05) is 19.8 Å². The lowest BCUT2D eigenvalue weighted by Gasteiger charge is -2.32. The van der Waals surface area contributed by atoms with Crippen molar-refractivity contribution in [3.63, 3.8) is 0 Å². The van der Waals surface area contributed by atoms with E-state index in [1.54, 1.807) is 0 Å². The highest BCUT2D eigenvalue weighted by Gasteiger charge is 2.25. The molecule has 21 heavy (non-hydrogen) atoms. The van der Waals surface area contributed by atoms with Gasteiger partial charge in [-0.1, -0.05) is 32.0 Å². The molecule has 0 saturated carbocycles. The Balaban J connectivity index is 2.47. The highest BCUT2D eigenvalue weighted by molar-refractivity contribution is 5.39. The lowest BCUT2D eigenvalue weighted by Crippen LogP contribution is -2.48. The van der Waals surface area contributed by atoms with Crippen LogP contribution in [0.15, 0.2) is 18.2 Å². The van der Waals surface area contributed by atoms with Crippen molar-refractivity contribution < 1.29 is 9.84 Å². The first-order chi connectivity index (χ1) is 10.1. The predicted molar refractivity (Wildman–Crippen MR) is 89.0 cm³/mol. The van der Waals surface area contributed by atoms with E-state index in [4.69, 9.17) is 4.74 Å². The normalized spacial score (nSPS) is 14.0. The first kappa shape index (κ1) is 18.0. The van der Waals surface area contributed by atoms with Gasteiger partial charge in [-0.05, 0) is 57.2 Å². The summed E-state index contributed by atoms with van der Waals surface area (Å²) >= 11 is 0. The number of ether oxygens (including phenoxy) is 1. The minimum Gasteiger partial charge on any atom is -0.493 e. The summed E-state index contributed by atoms with van der Waals surface area (Å²) in [5, 5.41) is 13.2. The van der Waals surface area contributed by atoms with Crippen LogP contribution in [0.3, 0.4) is 0 Å². The van der Waals surface area contributed by atoms with E-state index in [-0.39, 0.29) is 12.1 Å². The largest absolute Gasteiger partial charge is 0.493 e. The first-order valence-corrected chi connectivity index (χ1v) is 8.13. The van der Waals surface area contributed by atoms with Gasteiger partial charge in [0.15, 0.2) is 0 Å². The van der Waals surface area contributed by atoms with Gasteiger partial charge in [0.1, 0.15) is 5.75 Å². The molecule has 120 valence electrons. The van der Waals surface area contributed by atoms with Crippen LogP contribution in [0.25, 0.3) is 0 Å². The molecule has 0 fully saturated rings. The smallest absolute Gasteiger partial charge is 0.125 e. The molecule has 0 bridgehead atoms. The Kier molecular flexibility index (Phi) is 7.76. The number of benzene rings is 1. The van der Waals surface area contributed by atoms with E-state index in [0.717, 1.165) is 38.0 Å². The van der Waals surface area contributed by atoms with Crippen LogP contribution >= 0.6 is 0 Å². The van der Waals surface area contributed by atoms with Gasteiger partial charge >= 0.3 is 0 Å². The number of rotatable bonds is 10. The molecule has 1 unspecified atom stereocenters. The number of aliphatic hydroxyl groups is 1. The lowest BCUT2D eigenvalue weighted by atomic mass is 9.91. The lowest BCUT2D eigenvalue weighted by molar-refractivity contribution is 0.137. The van der Waals surface area contributed by atoms with Crippen LogP contribution in [-0.4, -0.2) is 30.4 Å². The summed E-state index contributed by atoms with van der Waals surface area (Å²) in [6, 6.07) is 6.21. The predicted octanol–water partition coefficient (Wildman–Crippen LogP) is 3.60. The molecule has 0 heterocycles. The molecule has 0 spiro atoms. The van der Waals surface area contributed by atoms with Crippen molar-refractivity contribution in [1.82, 2.24) is 5.32 Å². The summed E-state index contributed by atoms with van der Waals surface area (Å²) in [6.07, 6.45) is 3.90. The van der Waals surface area contributed by atoms with Gasteiger partial charge in [-0.15, -0.1) is 0 Å². The number of hydrogen-bond donors (Lipinski definition) is 2. The maximum Gasteiger partial charge on any atom is 0.125 e. The molecule has 0 saturated heterocycles. The Bertz CT molecular complexity index is 393. The molecule has 1 rings (SSSR count). The van der Waals surface area contributed by atoms with E-state index in [1.165, 1.54) is 11.1 Å². The summed E-state index contributed by atoms with van der Waals surface area (Å²) in [7, 11) is 0. The summed E-state index contributed by atoms with van der Waals surface area (Å²) < 4.78 is 5.95. The fourth-order valence-corrected chi connectivity index (χ4v) is 2.64. The minimum absolute atomic E-state index is 0.153. The standard InChI is InChI=1S/C18H31NO2/c1-5-12-19-18(6-2,14-20)11-8-13-21-17-15(3)9-7-10-16(17)4/h7,9-10,19-20H,5-6,8,11-14H2,1-4H3. The van der Waals surface area contributed by atoms with Crippen molar-refractivity contribution in [1.29, 1.82) is 0 Å². The fraction of sp³-hybridized carbons (Fsp3) is 0.667. The van der Waals surface area contributed by atoms with Crippen LogP contribution in [0.2, 0.25) is 0 Å². The van der Waals surface area contributed by atoms with Gasteiger partial charge in [-0.25, -0.2) is 0 Å². The molecular weight excluding hydrogens is 262 g/mol. The highest BCUT2D eigenvalue weighted by Crippen LogP contribution is 2.23. The van der Waals surface area contributed by atoms with Crippen LogP contribution in [0.1, 0.15) is 50.7 Å². The molecule has 0 aromatic heterocycles.